The largest absolute Gasteiger partial charge is 0.321 e. The van der Waals surface area contributed by atoms with E-state index >= 15 is 0 Å². The Balaban J connectivity index is 2.27. The number of hydrogen-bond donors (Lipinski definition) is 2. The first kappa shape index (κ1) is 13.6. The maximum Gasteiger partial charge on any atom is 0.256 e. The second-order valence-electron chi connectivity index (χ2n) is 3.66. The summed E-state index contributed by atoms with van der Waals surface area (Å²) in [6.07, 6.45) is 0. The molecule has 1 aromatic carbocycles. The standard InChI is InChI=1S/C14H11ClN2OS/c15-12-3-4-13(10(8-12)2-1-6-16)17-14(18)11-5-7-19-9-11/h3-5,7-9H,6,16H2,(H,17,18). The number of amides is 1. The van der Waals surface area contributed by atoms with Crippen molar-refractivity contribution in [2.45, 2.75) is 0 Å². The molecule has 0 radical (unpaired) electrons. The molecule has 0 aliphatic heterocycles. The molecule has 2 rings (SSSR count). The molecule has 1 heterocycles. The van der Waals surface area contributed by atoms with Gasteiger partial charge in [-0.3, -0.25) is 4.79 Å². The predicted octanol–water partition coefficient (Wildman–Crippen LogP) is 2.96. The Morgan fingerprint density at radius 1 is 1.42 bits per heavy atom. The number of rotatable bonds is 2. The van der Waals surface area contributed by atoms with Crippen LogP contribution in [0, 0.1) is 11.8 Å². The van der Waals surface area contributed by atoms with Gasteiger partial charge in [0.25, 0.3) is 5.91 Å². The van der Waals surface area contributed by atoms with Gasteiger partial charge in [-0.25, -0.2) is 0 Å². The smallest absolute Gasteiger partial charge is 0.256 e. The second-order valence-corrected chi connectivity index (χ2v) is 4.88. The average Bonchev–Trinajstić information content (AvgIpc) is 2.93. The normalized spacial score (nSPS) is 9.58. The van der Waals surface area contributed by atoms with E-state index in [1.54, 1.807) is 29.6 Å². The predicted molar refractivity (Wildman–Crippen MR) is 79.7 cm³/mol. The Morgan fingerprint density at radius 3 is 2.95 bits per heavy atom. The molecular formula is C14H11ClN2OS. The van der Waals surface area contributed by atoms with Gasteiger partial charge in [0.15, 0.2) is 0 Å². The minimum atomic E-state index is -0.167. The summed E-state index contributed by atoms with van der Waals surface area (Å²) < 4.78 is 0. The number of carbonyl (C=O) groups excluding carboxylic acids is 1. The van der Waals surface area contributed by atoms with Gasteiger partial charge in [-0.15, -0.1) is 0 Å². The average molecular weight is 291 g/mol. The fourth-order valence-corrected chi connectivity index (χ4v) is 2.27. The zero-order valence-corrected chi connectivity index (χ0v) is 11.5. The van der Waals surface area contributed by atoms with E-state index in [0.29, 0.717) is 21.8 Å². The van der Waals surface area contributed by atoms with Gasteiger partial charge in [0, 0.05) is 16.0 Å². The first-order valence-corrected chi connectivity index (χ1v) is 6.85. The van der Waals surface area contributed by atoms with E-state index in [1.807, 2.05) is 5.38 Å². The summed E-state index contributed by atoms with van der Waals surface area (Å²) in [5.41, 5.74) is 7.25. The van der Waals surface area contributed by atoms with Crippen molar-refractivity contribution in [3.8, 4) is 11.8 Å². The molecule has 0 fully saturated rings. The highest BCUT2D eigenvalue weighted by Crippen LogP contribution is 2.21. The quantitative estimate of drug-likeness (QED) is 0.836. The molecule has 3 N–H and O–H groups in total. The lowest BCUT2D eigenvalue weighted by molar-refractivity contribution is 0.102. The van der Waals surface area contributed by atoms with Gasteiger partial charge in [0.2, 0.25) is 0 Å². The summed E-state index contributed by atoms with van der Waals surface area (Å²) in [5, 5.41) is 7.02. The van der Waals surface area contributed by atoms with Crippen molar-refractivity contribution in [1.29, 1.82) is 0 Å². The minimum Gasteiger partial charge on any atom is -0.321 e. The lowest BCUT2D eigenvalue weighted by Crippen LogP contribution is -2.11. The van der Waals surface area contributed by atoms with Gasteiger partial charge in [-0.1, -0.05) is 23.4 Å². The van der Waals surface area contributed by atoms with Crippen LogP contribution in [0.5, 0.6) is 0 Å². The molecular weight excluding hydrogens is 280 g/mol. The minimum absolute atomic E-state index is 0.167. The van der Waals surface area contributed by atoms with Crippen molar-refractivity contribution in [3.05, 3.63) is 51.2 Å². The fourth-order valence-electron chi connectivity index (χ4n) is 1.46. The molecule has 0 saturated heterocycles. The number of hydrogen-bond acceptors (Lipinski definition) is 3. The lowest BCUT2D eigenvalue weighted by Gasteiger charge is -2.07. The Bertz CT molecular complexity index is 641. The highest BCUT2D eigenvalue weighted by molar-refractivity contribution is 7.08. The van der Waals surface area contributed by atoms with Crippen LogP contribution in [0.25, 0.3) is 0 Å². The molecule has 96 valence electrons. The molecule has 0 unspecified atom stereocenters. The van der Waals surface area contributed by atoms with Gasteiger partial charge >= 0.3 is 0 Å². The molecule has 0 bridgehead atoms. The summed E-state index contributed by atoms with van der Waals surface area (Å²) in [4.78, 5) is 12.0. The highest BCUT2D eigenvalue weighted by Gasteiger charge is 2.09. The zero-order valence-electron chi connectivity index (χ0n) is 9.94. The van der Waals surface area contributed by atoms with Gasteiger partial charge in [-0.2, -0.15) is 11.3 Å². The first-order chi connectivity index (χ1) is 9.20. The topological polar surface area (TPSA) is 55.1 Å². The summed E-state index contributed by atoms with van der Waals surface area (Å²) in [6.45, 7) is 0.254. The third-order valence-electron chi connectivity index (χ3n) is 2.34. The molecule has 0 spiro atoms. The monoisotopic (exact) mass is 290 g/mol. The zero-order chi connectivity index (χ0) is 13.7. The van der Waals surface area contributed by atoms with Crippen LogP contribution in [-0.4, -0.2) is 12.5 Å². The maximum absolute atomic E-state index is 12.0. The number of halogens is 1. The first-order valence-electron chi connectivity index (χ1n) is 5.53. The maximum atomic E-state index is 12.0. The Morgan fingerprint density at radius 2 is 2.26 bits per heavy atom. The Hall–Kier alpha value is -1.80. The third kappa shape index (κ3) is 3.58. The van der Waals surface area contributed by atoms with Gasteiger partial charge in [-0.05, 0) is 29.6 Å². The van der Waals surface area contributed by atoms with Crippen LogP contribution in [0.2, 0.25) is 5.02 Å². The number of nitrogens with two attached hydrogens (primary N) is 1. The van der Waals surface area contributed by atoms with Crippen LogP contribution in [0.4, 0.5) is 5.69 Å². The Kier molecular flexibility index (Phi) is 4.58. The number of anilines is 1. The highest BCUT2D eigenvalue weighted by atomic mass is 35.5. The van der Waals surface area contributed by atoms with Crippen molar-refractivity contribution in [3.63, 3.8) is 0 Å². The molecule has 19 heavy (non-hydrogen) atoms. The van der Waals surface area contributed by atoms with Gasteiger partial charge in [0.1, 0.15) is 0 Å². The molecule has 0 aliphatic carbocycles. The van der Waals surface area contributed by atoms with Crippen LogP contribution < -0.4 is 11.1 Å². The number of thiophene rings is 1. The van der Waals surface area contributed by atoms with E-state index in [1.165, 1.54) is 11.3 Å². The molecule has 2 aromatic rings. The molecule has 0 atom stereocenters. The van der Waals surface area contributed by atoms with Crippen LogP contribution >= 0.6 is 22.9 Å². The summed E-state index contributed by atoms with van der Waals surface area (Å²) >= 11 is 7.39. The molecule has 1 amide bonds. The van der Waals surface area contributed by atoms with E-state index in [2.05, 4.69) is 17.2 Å². The molecule has 5 heteroatoms. The van der Waals surface area contributed by atoms with E-state index in [4.69, 9.17) is 17.3 Å². The van der Waals surface area contributed by atoms with Gasteiger partial charge < -0.3 is 11.1 Å². The van der Waals surface area contributed by atoms with E-state index in [0.717, 1.165) is 0 Å². The van der Waals surface area contributed by atoms with Crippen molar-refractivity contribution in [2.75, 3.05) is 11.9 Å². The summed E-state index contributed by atoms with van der Waals surface area (Å²) in [6, 6.07) is 6.90. The van der Waals surface area contributed by atoms with E-state index in [-0.39, 0.29) is 12.5 Å². The van der Waals surface area contributed by atoms with Crippen LogP contribution in [-0.2, 0) is 0 Å². The van der Waals surface area contributed by atoms with Crippen LogP contribution in [0.1, 0.15) is 15.9 Å². The molecule has 1 aromatic heterocycles. The van der Waals surface area contributed by atoms with Crippen molar-refractivity contribution >= 4 is 34.5 Å². The van der Waals surface area contributed by atoms with Crippen LogP contribution in [0.15, 0.2) is 35.0 Å². The van der Waals surface area contributed by atoms with Crippen molar-refractivity contribution < 1.29 is 4.79 Å². The second kappa shape index (κ2) is 6.39. The molecule has 0 saturated carbocycles. The number of carbonyl (C=O) groups is 1. The molecule has 0 aliphatic rings. The number of benzene rings is 1. The lowest BCUT2D eigenvalue weighted by atomic mass is 10.1. The van der Waals surface area contributed by atoms with E-state index < -0.39 is 0 Å². The van der Waals surface area contributed by atoms with Crippen LogP contribution in [0.3, 0.4) is 0 Å². The summed E-state index contributed by atoms with van der Waals surface area (Å²) in [7, 11) is 0. The SMILES string of the molecule is NCC#Cc1cc(Cl)ccc1NC(=O)c1ccsc1. The summed E-state index contributed by atoms with van der Waals surface area (Å²) in [5.74, 6) is 5.48. The van der Waals surface area contributed by atoms with Crippen molar-refractivity contribution in [1.82, 2.24) is 0 Å². The molecule has 3 nitrogen and oxygen atoms in total. The number of nitrogens with one attached hydrogen (secondary N) is 1. The fraction of sp³-hybridized carbons (Fsp3) is 0.0714. The van der Waals surface area contributed by atoms with Gasteiger partial charge in [0.05, 0.1) is 17.8 Å². The van der Waals surface area contributed by atoms with Crippen molar-refractivity contribution in [2.24, 2.45) is 5.73 Å². The third-order valence-corrected chi connectivity index (χ3v) is 3.26. The Labute approximate surface area is 120 Å². The van der Waals surface area contributed by atoms with E-state index in [9.17, 15) is 4.79 Å².